The smallest absolute Gasteiger partial charge is 0.233 e. The van der Waals surface area contributed by atoms with Gasteiger partial charge in [0.15, 0.2) is 17.5 Å². The quantitative estimate of drug-likeness (QED) is 0.297. The van der Waals surface area contributed by atoms with Gasteiger partial charge in [0.1, 0.15) is 0 Å². The van der Waals surface area contributed by atoms with E-state index in [0.717, 1.165) is 36.4 Å². The highest BCUT2D eigenvalue weighted by Crippen LogP contribution is 2.52. The topological polar surface area (TPSA) is 92.3 Å². The fourth-order valence-electron chi connectivity index (χ4n) is 5.21. The van der Waals surface area contributed by atoms with Crippen molar-refractivity contribution in [2.75, 3.05) is 33.0 Å². The number of benzene rings is 1. The molecule has 4 atom stereocenters. The van der Waals surface area contributed by atoms with E-state index in [0.29, 0.717) is 25.6 Å². The summed E-state index contributed by atoms with van der Waals surface area (Å²) in [6, 6.07) is 5.93. The minimum atomic E-state index is -0.133. The van der Waals surface area contributed by atoms with E-state index in [-0.39, 0.29) is 42.3 Å². The molecule has 2 bridgehead atoms. The van der Waals surface area contributed by atoms with Gasteiger partial charge in [0.25, 0.3) is 0 Å². The molecule has 8 nitrogen and oxygen atoms in total. The lowest BCUT2D eigenvalue weighted by molar-refractivity contribution is -0.140. The van der Waals surface area contributed by atoms with E-state index in [9.17, 15) is 9.59 Å². The van der Waals surface area contributed by atoms with Crippen molar-refractivity contribution in [2.24, 2.45) is 28.7 Å². The average molecular weight is 425 g/mol. The second kappa shape index (κ2) is 8.24. The highest BCUT2D eigenvalue weighted by atomic mass is 16.7. The van der Waals surface area contributed by atoms with E-state index in [1.165, 1.54) is 4.90 Å². The first-order chi connectivity index (χ1) is 15.2. The average Bonchev–Trinajstić information content (AvgIpc) is 3.54. The summed E-state index contributed by atoms with van der Waals surface area (Å²) in [6.45, 7) is 4.47. The van der Waals surface area contributed by atoms with Crippen molar-refractivity contribution in [3.8, 4) is 11.5 Å². The minimum Gasteiger partial charge on any atom is -0.454 e. The van der Waals surface area contributed by atoms with Gasteiger partial charge in [0, 0.05) is 26.2 Å². The fraction of sp³-hybridized carbons (Fsp3) is 0.522. The number of fused-ring (bicyclic) bond motifs is 6. The molecule has 1 saturated carbocycles. The van der Waals surface area contributed by atoms with E-state index < -0.39 is 0 Å². The number of aliphatic imine (C=N–C) groups is 1. The third kappa shape index (κ3) is 3.64. The van der Waals surface area contributed by atoms with Gasteiger partial charge in [-0.3, -0.25) is 19.5 Å². The zero-order valence-corrected chi connectivity index (χ0v) is 17.7. The van der Waals surface area contributed by atoms with E-state index in [1.54, 1.807) is 0 Å². The molecule has 0 aromatic heterocycles. The zero-order valence-electron chi connectivity index (χ0n) is 17.7. The summed E-state index contributed by atoms with van der Waals surface area (Å²) in [7, 11) is 0. The number of carbonyl (C=O) groups excluding carboxylic acids is 2. The van der Waals surface area contributed by atoms with Gasteiger partial charge in [-0.2, -0.15) is 0 Å². The summed E-state index contributed by atoms with van der Waals surface area (Å²) in [6.07, 6.45) is 5.97. The lowest BCUT2D eigenvalue weighted by Crippen LogP contribution is -2.43. The van der Waals surface area contributed by atoms with Gasteiger partial charge in [-0.05, 0) is 49.3 Å². The first kappa shape index (κ1) is 19.9. The van der Waals surface area contributed by atoms with Crippen LogP contribution in [0.3, 0.4) is 0 Å². The highest BCUT2D eigenvalue weighted by Gasteiger charge is 2.58. The molecule has 4 aliphatic rings. The molecule has 2 heterocycles. The number of hydrogen-bond acceptors (Lipinski definition) is 5. The van der Waals surface area contributed by atoms with Gasteiger partial charge in [0.05, 0.1) is 11.8 Å². The maximum Gasteiger partial charge on any atom is 0.233 e. The lowest BCUT2D eigenvalue weighted by Gasteiger charge is -2.18. The number of imide groups is 1. The van der Waals surface area contributed by atoms with Crippen molar-refractivity contribution in [3.05, 3.63) is 35.9 Å². The van der Waals surface area contributed by atoms with Crippen molar-refractivity contribution in [1.82, 2.24) is 15.5 Å². The molecule has 8 heteroatoms. The van der Waals surface area contributed by atoms with E-state index in [1.807, 2.05) is 25.1 Å². The first-order valence-corrected chi connectivity index (χ1v) is 11.1. The predicted molar refractivity (Wildman–Crippen MR) is 115 cm³/mol. The molecule has 2 amide bonds. The van der Waals surface area contributed by atoms with Crippen molar-refractivity contribution in [3.63, 3.8) is 0 Å². The summed E-state index contributed by atoms with van der Waals surface area (Å²) in [5.74, 6) is 2.47. The maximum atomic E-state index is 12.8. The summed E-state index contributed by atoms with van der Waals surface area (Å²) in [5.41, 5.74) is 1.13. The summed E-state index contributed by atoms with van der Waals surface area (Å²) >= 11 is 0. The highest BCUT2D eigenvalue weighted by molar-refractivity contribution is 6.06. The zero-order chi connectivity index (χ0) is 21.4. The number of rotatable bonds is 7. The van der Waals surface area contributed by atoms with Crippen molar-refractivity contribution in [2.45, 2.75) is 19.8 Å². The predicted octanol–water partition coefficient (Wildman–Crippen LogP) is 1.32. The van der Waals surface area contributed by atoms with Crippen LogP contribution in [-0.2, 0) is 16.0 Å². The number of guanidine groups is 1. The number of nitrogens with one attached hydrogen (secondary N) is 2. The molecule has 2 aliphatic heterocycles. The molecule has 2 aliphatic carbocycles. The molecule has 164 valence electrons. The molecule has 1 aromatic carbocycles. The van der Waals surface area contributed by atoms with Gasteiger partial charge in [-0.1, -0.05) is 18.2 Å². The number of carbonyl (C=O) groups is 2. The van der Waals surface area contributed by atoms with Gasteiger partial charge in [0.2, 0.25) is 18.6 Å². The van der Waals surface area contributed by atoms with E-state index in [2.05, 4.69) is 27.8 Å². The first-order valence-electron chi connectivity index (χ1n) is 11.1. The number of allylic oxidation sites excluding steroid dienone is 2. The monoisotopic (exact) mass is 424 g/mol. The Hall–Kier alpha value is -3.03. The van der Waals surface area contributed by atoms with Gasteiger partial charge in [-0.15, -0.1) is 0 Å². The molecule has 1 saturated heterocycles. The van der Waals surface area contributed by atoms with Crippen LogP contribution in [0.25, 0.3) is 0 Å². The number of nitrogens with zero attached hydrogens (tertiary/aromatic N) is 2. The van der Waals surface area contributed by atoms with Gasteiger partial charge >= 0.3 is 0 Å². The van der Waals surface area contributed by atoms with Crippen LogP contribution >= 0.6 is 0 Å². The Morgan fingerprint density at radius 2 is 1.84 bits per heavy atom. The van der Waals surface area contributed by atoms with Crippen LogP contribution in [0.1, 0.15) is 18.9 Å². The maximum absolute atomic E-state index is 12.8. The molecular weight excluding hydrogens is 396 g/mol. The normalized spacial score (nSPS) is 27.9. The van der Waals surface area contributed by atoms with Crippen LogP contribution in [0, 0.1) is 23.7 Å². The van der Waals surface area contributed by atoms with Crippen molar-refractivity contribution >= 4 is 17.8 Å². The molecule has 2 N–H and O–H groups in total. The Morgan fingerprint density at radius 3 is 2.58 bits per heavy atom. The van der Waals surface area contributed by atoms with Crippen LogP contribution < -0.4 is 20.1 Å². The van der Waals surface area contributed by atoms with E-state index >= 15 is 0 Å². The second-order valence-corrected chi connectivity index (χ2v) is 8.45. The Balaban J connectivity index is 1.13. The number of hydrogen-bond donors (Lipinski definition) is 2. The van der Waals surface area contributed by atoms with Crippen LogP contribution in [0.4, 0.5) is 0 Å². The Bertz CT molecular complexity index is 914. The van der Waals surface area contributed by atoms with Crippen molar-refractivity contribution < 1.29 is 19.1 Å². The van der Waals surface area contributed by atoms with Crippen molar-refractivity contribution in [1.29, 1.82) is 0 Å². The Labute approximate surface area is 181 Å². The molecule has 0 spiro atoms. The SMILES string of the molecule is CCNC(=NCCc1ccc2c(c1)OCO2)NCCN1C(=O)C2C3C=CC(C3)C2C1=O. The lowest BCUT2D eigenvalue weighted by atomic mass is 9.85. The third-order valence-electron chi connectivity index (χ3n) is 6.64. The molecule has 4 unspecified atom stereocenters. The van der Waals surface area contributed by atoms with Crippen LogP contribution in [-0.4, -0.2) is 55.6 Å². The fourth-order valence-corrected chi connectivity index (χ4v) is 5.21. The molecule has 5 rings (SSSR count). The Kier molecular flexibility index (Phi) is 5.29. The summed E-state index contributed by atoms with van der Waals surface area (Å²) < 4.78 is 10.8. The van der Waals surface area contributed by atoms with Crippen LogP contribution in [0.5, 0.6) is 11.5 Å². The van der Waals surface area contributed by atoms with E-state index in [4.69, 9.17) is 9.47 Å². The third-order valence-corrected chi connectivity index (χ3v) is 6.64. The summed E-state index contributed by atoms with van der Waals surface area (Å²) in [4.78, 5) is 31.6. The molecule has 31 heavy (non-hydrogen) atoms. The van der Waals surface area contributed by atoms with Gasteiger partial charge < -0.3 is 20.1 Å². The summed E-state index contributed by atoms with van der Waals surface area (Å²) in [5, 5.41) is 6.47. The standard InChI is InChI=1S/C23H28N4O4/c1-2-24-23(25-8-7-14-3-6-17-18(11-14)31-13-30-17)26-9-10-27-21(28)19-15-4-5-16(12-15)20(19)22(27)29/h3-6,11,15-16,19-20H,2,7-10,12-13H2,1H3,(H2,24,25,26). The largest absolute Gasteiger partial charge is 0.454 e. The molecule has 0 radical (unpaired) electrons. The van der Waals surface area contributed by atoms with Gasteiger partial charge in [-0.25, -0.2) is 0 Å². The number of ether oxygens (including phenoxy) is 2. The number of amides is 2. The second-order valence-electron chi connectivity index (χ2n) is 8.45. The molecule has 2 fully saturated rings. The molecule has 1 aromatic rings. The number of likely N-dealkylation sites (tertiary alicyclic amines) is 1. The minimum absolute atomic E-state index is 0.00148. The van der Waals surface area contributed by atoms with Crippen LogP contribution in [0.15, 0.2) is 35.3 Å². The Morgan fingerprint density at radius 1 is 1.10 bits per heavy atom. The van der Waals surface area contributed by atoms with Crippen LogP contribution in [0.2, 0.25) is 0 Å². The molecular formula is C23H28N4O4.